The molecule has 1 aliphatic rings. The van der Waals surface area contributed by atoms with Gasteiger partial charge in [-0.3, -0.25) is 34.1 Å². The zero-order valence-electron chi connectivity index (χ0n) is 56.6. The Bertz CT molecular complexity index is 4270. The molecule has 1 fully saturated rings. The van der Waals surface area contributed by atoms with E-state index in [1.165, 1.54) is 83.7 Å². The molecule has 1 aliphatic carbocycles. The summed E-state index contributed by atoms with van der Waals surface area (Å²) in [6.07, 6.45) is 12.0. The van der Waals surface area contributed by atoms with E-state index in [-0.39, 0.29) is 0 Å². The number of aldehydes is 1. The Hall–Kier alpha value is -9.34. The lowest BCUT2D eigenvalue weighted by atomic mass is 10.1. The lowest BCUT2D eigenvalue weighted by Gasteiger charge is -1.98. The van der Waals surface area contributed by atoms with E-state index in [2.05, 4.69) is 196 Å². The van der Waals surface area contributed by atoms with Gasteiger partial charge in [0.25, 0.3) is 0 Å². The Balaban J connectivity index is 0.000000165. The van der Waals surface area contributed by atoms with E-state index in [1.807, 2.05) is 140 Å². The molecule has 0 amide bonds. The second-order valence-corrected chi connectivity index (χ2v) is 25.1. The molecule has 12 nitrogen and oxygen atoms in total. The first kappa shape index (κ1) is 72.7. The van der Waals surface area contributed by atoms with Crippen LogP contribution in [-0.2, 0) is 14.1 Å². The number of thiophene rings is 1. The van der Waals surface area contributed by atoms with E-state index in [4.69, 9.17) is 11.6 Å². The molecule has 0 unspecified atom stereocenters. The topological polar surface area (TPSA) is 143 Å². The first-order valence-electron chi connectivity index (χ1n) is 30.8. The molecule has 15 rings (SSSR count). The molecule has 93 heavy (non-hydrogen) atoms. The first-order chi connectivity index (χ1) is 44.6. The minimum absolute atomic E-state index is 0.702. The normalized spacial score (nSPS) is 10.8. The van der Waals surface area contributed by atoms with Crippen LogP contribution in [0.3, 0.4) is 0 Å². The van der Waals surface area contributed by atoms with Crippen molar-refractivity contribution < 1.29 is 9.32 Å². The summed E-state index contributed by atoms with van der Waals surface area (Å²) in [6.45, 7) is 28.4. The largest absolute Gasteiger partial charge is 0.364 e. The van der Waals surface area contributed by atoms with E-state index >= 15 is 0 Å². The van der Waals surface area contributed by atoms with Crippen molar-refractivity contribution in [2.24, 2.45) is 14.1 Å². The second kappa shape index (κ2) is 37.2. The number of hydrogen-bond acceptors (Lipinski definition) is 12. The van der Waals surface area contributed by atoms with Crippen LogP contribution in [0.15, 0.2) is 204 Å². The van der Waals surface area contributed by atoms with Gasteiger partial charge in [-0.25, -0.2) is 4.98 Å². The number of hydrogen-bond donors (Lipinski definition) is 0. The fourth-order valence-corrected chi connectivity index (χ4v) is 10.3. The maximum atomic E-state index is 10.1. The summed E-state index contributed by atoms with van der Waals surface area (Å²) in [5.74, 6) is 0.702. The van der Waals surface area contributed by atoms with Crippen LogP contribution in [0.4, 0.5) is 0 Å². The SMILES string of the molecule is Cc1c(C2CC2)nn(C)c1Cl.Cc1ccc2ccccc2c1.Cc1ccc2ccccc2n1.Cc1cccc2ccccc12.Cc1cnc2ccccc2c1.Cc1cnccn1.Cc1conc1C.Cc1ncsc1C.Cc1nn(C)c(C)c1C.Cc1sccc1C=O. The van der Waals surface area contributed by atoms with Crippen LogP contribution in [0.5, 0.6) is 0 Å². The van der Waals surface area contributed by atoms with Crippen LogP contribution in [0, 0.1) is 96.9 Å². The van der Waals surface area contributed by atoms with Gasteiger partial charge >= 0.3 is 0 Å². The third kappa shape index (κ3) is 23.7. The molecule has 0 radical (unpaired) electrons. The fourth-order valence-electron chi connectivity index (χ4n) is 8.89. The van der Waals surface area contributed by atoms with Crippen molar-refractivity contribution in [2.45, 2.75) is 116 Å². The molecule has 14 aromatic rings. The van der Waals surface area contributed by atoms with Gasteiger partial charge in [-0.2, -0.15) is 10.2 Å². The maximum Gasteiger partial charge on any atom is 0.151 e. The Morgan fingerprint density at radius 2 is 1.15 bits per heavy atom. The summed E-state index contributed by atoms with van der Waals surface area (Å²) in [5, 5.41) is 22.7. The minimum atomic E-state index is 0.702. The molecular formula is C78H87ClN10O2S2. The predicted octanol–water partition coefficient (Wildman–Crippen LogP) is 20.7. The molecule has 0 N–H and O–H groups in total. The summed E-state index contributed by atoms with van der Waals surface area (Å²) < 4.78 is 8.26. The van der Waals surface area contributed by atoms with Crippen LogP contribution in [0.25, 0.3) is 43.4 Å². The maximum absolute atomic E-state index is 10.1. The molecule has 8 heterocycles. The molecule has 0 bridgehead atoms. The van der Waals surface area contributed by atoms with Crippen LogP contribution in [0.1, 0.15) is 112 Å². The summed E-state index contributed by atoms with van der Waals surface area (Å²) in [7, 11) is 3.86. The number of para-hydroxylation sites is 2. The lowest BCUT2D eigenvalue weighted by molar-refractivity contribution is 0.112. The molecule has 6 aromatic carbocycles. The molecule has 0 spiro atoms. The van der Waals surface area contributed by atoms with Crippen molar-refractivity contribution in [3.8, 4) is 0 Å². The molecule has 0 aliphatic heterocycles. The van der Waals surface area contributed by atoms with Crippen molar-refractivity contribution in [3.05, 3.63) is 293 Å². The number of aromatic nitrogens is 10. The van der Waals surface area contributed by atoms with Crippen LogP contribution >= 0.6 is 34.3 Å². The quantitative estimate of drug-likeness (QED) is 0.153. The Labute approximate surface area is 562 Å². The average molecular weight is 1300 g/mol. The van der Waals surface area contributed by atoms with Crippen molar-refractivity contribution in [2.75, 3.05) is 0 Å². The summed E-state index contributed by atoms with van der Waals surface area (Å²) in [5.41, 5.74) is 20.0. The van der Waals surface area contributed by atoms with Crippen molar-refractivity contribution in [1.82, 2.24) is 49.6 Å². The zero-order chi connectivity index (χ0) is 67.4. The van der Waals surface area contributed by atoms with Crippen molar-refractivity contribution >= 4 is 83.9 Å². The molecule has 8 aromatic heterocycles. The summed E-state index contributed by atoms with van der Waals surface area (Å²) in [6, 6.07) is 54.1. The number of aryl methyl sites for hydroxylation is 13. The molecular weight excluding hydrogens is 1210 g/mol. The zero-order valence-corrected chi connectivity index (χ0v) is 59.0. The van der Waals surface area contributed by atoms with Crippen molar-refractivity contribution in [3.63, 3.8) is 0 Å². The van der Waals surface area contributed by atoms with Crippen LogP contribution in [0.2, 0.25) is 5.15 Å². The van der Waals surface area contributed by atoms with E-state index < -0.39 is 0 Å². The number of carbonyl (C=O) groups excluding carboxylic acids is 1. The predicted molar refractivity (Wildman–Crippen MR) is 391 cm³/mol. The third-order valence-corrected chi connectivity index (χ3v) is 17.4. The number of rotatable bonds is 2. The third-order valence-electron chi connectivity index (χ3n) is 15.1. The highest BCUT2D eigenvalue weighted by Crippen LogP contribution is 2.42. The standard InChI is InChI=1S/2C11H10.2C10H9N.C8H11ClN2.C7H12N2.C6H6OS.C5H6N2.C5H7NO.C5H7NS/c1-9-5-4-7-10-6-2-3-8-11(9)10;1-9-6-7-10-4-2-3-5-11(10)8-9;1-8-6-9-4-2-3-5-10(9)11-7-8;1-8-6-7-9-4-2-3-5-10(9)11-8;1-5-7(6-3-4-6)10-11(2)8(5)9;1-5-6(2)8-9(4)7(5)3;1-5-6(4-7)2-3-8-5;1-5-4-6-2-3-7-5;1-4-3-7-6-5(4)2;1-4-5(2)7-3-6-4/h2*2-8H,1H3;2*2-7H,1H3;6H,3-4H2,1-2H3;1-4H3;2-4H,1H3;2-4H,1H3;2*3H,1-2H3. The van der Waals surface area contributed by atoms with Gasteiger partial charge in [0.15, 0.2) is 6.29 Å². The number of halogens is 1. The second-order valence-electron chi connectivity index (χ2n) is 22.6. The fraction of sp³-hybridized carbons (Fsp3) is 0.244. The number of nitrogens with zero attached hydrogens (tertiary/aromatic N) is 10. The monoisotopic (exact) mass is 1290 g/mol. The minimum Gasteiger partial charge on any atom is -0.364 e. The molecule has 480 valence electrons. The highest BCUT2D eigenvalue weighted by molar-refractivity contribution is 7.10. The van der Waals surface area contributed by atoms with Gasteiger partial charge in [0.2, 0.25) is 0 Å². The van der Waals surface area contributed by atoms with Gasteiger partial charge in [0, 0.05) is 93.4 Å². The Morgan fingerprint density at radius 3 is 1.63 bits per heavy atom. The highest BCUT2D eigenvalue weighted by Gasteiger charge is 2.29. The van der Waals surface area contributed by atoms with E-state index in [0.717, 1.165) is 72.5 Å². The number of thiazole rings is 1. The van der Waals surface area contributed by atoms with Gasteiger partial charge in [0.1, 0.15) is 11.4 Å². The van der Waals surface area contributed by atoms with Gasteiger partial charge in [-0.1, -0.05) is 150 Å². The van der Waals surface area contributed by atoms with E-state index in [1.54, 1.807) is 52.2 Å². The Morgan fingerprint density at radius 1 is 0.516 bits per heavy atom. The van der Waals surface area contributed by atoms with Gasteiger partial charge in [-0.15, -0.1) is 22.7 Å². The summed E-state index contributed by atoms with van der Waals surface area (Å²) >= 11 is 9.26. The van der Waals surface area contributed by atoms with Gasteiger partial charge in [-0.05, 0) is 184 Å². The lowest BCUT2D eigenvalue weighted by Crippen LogP contribution is -1.92. The number of carbonyl (C=O) groups is 1. The molecule has 0 atom stereocenters. The van der Waals surface area contributed by atoms with Crippen molar-refractivity contribution in [1.29, 1.82) is 0 Å². The smallest absolute Gasteiger partial charge is 0.151 e. The van der Waals surface area contributed by atoms with Gasteiger partial charge in [0.05, 0.1) is 45.0 Å². The number of pyridine rings is 2. The van der Waals surface area contributed by atoms with Crippen LogP contribution < -0.4 is 0 Å². The van der Waals surface area contributed by atoms with E-state index in [9.17, 15) is 4.79 Å². The average Bonchev–Trinajstić information content (AvgIpc) is 1.69. The molecule has 1 saturated carbocycles. The highest BCUT2D eigenvalue weighted by atomic mass is 35.5. The summed E-state index contributed by atoms with van der Waals surface area (Å²) in [4.78, 5) is 32.9. The number of fused-ring (bicyclic) bond motifs is 4. The van der Waals surface area contributed by atoms with Crippen LogP contribution in [-0.4, -0.2) is 55.9 Å². The molecule has 0 saturated heterocycles. The molecule has 15 heteroatoms. The van der Waals surface area contributed by atoms with E-state index in [0.29, 0.717) is 5.92 Å². The van der Waals surface area contributed by atoms with Gasteiger partial charge < -0.3 is 4.52 Å². The Kier molecular flexibility index (Phi) is 29.1. The number of benzene rings is 6. The first-order valence-corrected chi connectivity index (χ1v) is 32.9.